The second-order valence-electron chi connectivity index (χ2n) is 14.8. The van der Waals surface area contributed by atoms with Gasteiger partial charge in [0.15, 0.2) is 0 Å². The molecule has 0 radical (unpaired) electrons. The summed E-state index contributed by atoms with van der Waals surface area (Å²) in [6.07, 6.45) is 13.7. The zero-order valence-electron chi connectivity index (χ0n) is 29.3. The van der Waals surface area contributed by atoms with E-state index in [1.165, 1.54) is 11.0 Å². The Bertz CT molecular complexity index is 1870. The van der Waals surface area contributed by atoms with E-state index in [1.807, 2.05) is 30.3 Å². The normalized spacial score (nSPS) is 29.4. The van der Waals surface area contributed by atoms with E-state index in [2.05, 4.69) is 33.0 Å². The van der Waals surface area contributed by atoms with Crippen LogP contribution >= 0.6 is 0 Å². The largest absolute Gasteiger partial charge is 0.472 e. The van der Waals surface area contributed by atoms with Gasteiger partial charge in [-0.25, -0.2) is 18.2 Å². The van der Waals surface area contributed by atoms with Gasteiger partial charge in [-0.05, 0) is 80.4 Å². The number of cyclic esters (lactones) is 1. The van der Waals surface area contributed by atoms with E-state index in [0.29, 0.717) is 25.1 Å². The van der Waals surface area contributed by atoms with E-state index in [4.69, 9.17) is 9.47 Å². The maximum absolute atomic E-state index is 14.7. The third-order valence-corrected chi connectivity index (χ3v) is 12.9. The highest BCUT2D eigenvalue weighted by atomic mass is 32.2. The van der Waals surface area contributed by atoms with Crippen molar-refractivity contribution in [3.8, 4) is 5.88 Å². The molecule has 5 unspecified atom stereocenters. The van der Waals surface area contributed by atoms with Gasteiger partial charge in [-0.2, -0.15) is 0 Å². The molecule has 1 aromatic heterocycles. The minimum Gasteiger partial charge on any atom is -0.472 e. The summed E-state index contributed by atoms with van der Waals surface area (Å²) in [6.45, 7) is 4.02. The fourth-order valence-corrected chi connectivity index (χ4v) is 9.22. The van der Waals surface area contributed by atoms with Crippen LogP contribution in [-0.4, -0.2) is 84.2 Å². The van der Waals surface area contributed by atoms with Gasteiger partial charge in [0.2, 0.25) is 27.7 Å². The lowest BCUT2D eigenvalue weighted by Crippen LogP contribution is -2.59. The Balaban J connectivity index is 1.21. The van der Waals surface area contributed by atoms with E-state index in [0.717, 1.165) is 61.3 Å². The lowest BCUT2D eigenvalue weighted by atomic mass is 9.83. The van der Waals surface area contributed by atoms with Crippen molar-refractivity contribution in [1.29, 1.82) is 0 Å². The highest BCUT2D eigenvalue weighted by Gasteiger charge is 2.62. The van der Waals surface area contributed by atoms with E-state index in [-0.39, 0.29) is 31.9 Å². The van der Waals surface area contributed by atoms with E-state index in [9.17, 15) is 27.6 Å². The number of amides is 4. The first-order valence-electron chi connectivity index (χ1n) is 18.5. The molecular formula is C38H47N5O8S. The predicted molar refractivity (Wildman–Crippen MR) is 193 cm³/mol. The molecule has 7 rings (SSSR count). The van der Waals surface area contributed by atoms with Gasteiger partial charge in [-0.15, -0.1) is 6.58 Å². The first-order valence-corrected chi connectivity index (χ1v) is 20.1. The van der Waals surface area contributed by atoms with Crippen molar-refractivity contribution >= 4 is 50.7 Å². The molecule has 278 valence electrons. The molecule has 52 heavy (non-hydrogen) atoms. The van der Waals surface area contributed by atoms with E-state index >= 15 is 0 Å². The summed E-state index contributed by atoms with van der Waals surface area (Å²) in [4.78, 5) is 61.6. The average molecular weight is 734 g/mol. The number of nitrogens with one attached hydrogen (secondary N) is 3. The number of allylic oxidation sites excluding steroid dienone is 1. The first-order chi connectivity index (χ1) is 25.1. The first kappa shape index (κ1) is 35.9. The third-order valence-electron chi connectivity index (χ3n) is 11.1. The summed E-state index contributed by atoms with van der Waals surface area (Å²) in [5.74, 6) is -2.16. The van der Waals surface area contributed by atoms with Crippen LogP contribution < -0.4 is 20.1 Å². The van der Waals surface area contributed by atoms with Crippen molar-refractivity contribution in [3.05, 3.63) is 54.8 Å². The second kappa shape index (κ2) is 14.9. The molecule has 4 amide bonds. The Hall–Kier alpha value is -4.46. The summed E-state index contributed by atoms with van der Waals surface area (Å²) in [7, 11) is -3.88. The number of nitrogens with zero attached hydrogens (tertiary/aromatic N) is 2. The second-order valence-corrected chi connectivity index (χ2v) is 16.8. The Morgan fingerprint density at radius 1 is 1.06 bits per heavy atom. The fourth-order valence-electron chi connectivity index (χ4n) is 7.85. The number of carbonyl (C=O) groups is 4. The molecule has 14 heteroatoms. The SMILES string of the molecule is C=CC1CC1(NC(=O)C1CC2CN1C(=O)C(C1CCCCC1)NC(=O)OCCCC/C=C/c1ccc3ccnc(c3c1)O2)C(=O)NS(=O)(=O)C1CC1. The summed E-state index contributed by atoms with van der Waals surface area (Å²) in [6, 6.07) is 5.87. The Morgan fingerprint density at radius 3 is 2.62 bits per heavy atom. The summed E-state index contributed by atoms with van der Waals surface area (Å²) in [5, 5.41) is 6.77. The average Bonchev–Trinajstić information content (AvgIpc) is 4.07. The van der Waals surface area contributed by atoms with Gasteiger partial charge in [0.25, 0.3) is 5.91 Å². The minimum atomic E-state index is -3.88. The van der Waals surface area contributed by atoms with Crippen LogP contribution in [0.1, 0.15) is 82.6 Å². The van der Waals surface area contributed by atoms with Gasteiger partial charge in [-0.1, -0.05) is 49.6 Å². The Morgan fingerprint density at radius 2 is 1.87 bits per heavy atom. The number of alkyl carbamates (subject to hydrolysis) is 1. The molecule has 0 spiro atoms. The van der Waals surface area contributed by atoms with Gasteiger partial charge < -0.3 is 25.0 Å². The highest BCUT2D eigenvalue weighted by Crippen LogP contribution is 2.45. The number of hydrogen-bond acceptors (Lipinski definition) is 9. The quantitative estimate of drug-likeness (QED) is 0.354. The minimum absolute atomic E-state index is 0.0225. The lowest BCUT2D eigenvalue weighted by Gasteiger charge is -2.34. The molecule has 4 fully saturated rings. The number of aromatic nitrogens is 1. The van der Waals surface area contributed by atoms with Crippen molar-refractivity contribution in [2.45, 2.75) is 106 Å². The van der Waals surface area contributed by atoms with Crippen molar-refractivity contribution < 1.29 is 37.1 Å². The van der Waals surface area contributed by atoms with Crippen LogP contribution in [0.15, 0.2) is 49.2 Å². The molecule has 3 saturated carbocycles. The molecular weight excluding hydrogens is 687 g/mol. The topological polar surface area (TPSA) is 173 Å². The number of fused-ring (bicyclic) bond motifs is 3. The number of rotatable bonds is 7. The van der Waals surface area contributed by atoms with Crippen LogP contribution in [0.3, 0.4) is 0 Å². The number of hydrogen-bond donors (Lipinski definition) is 3. The zero-order chi connectivity index (χ0) is 36.5. The maximum Gasteiger partial charge on any atom is 0.407 e. The van der Waals surface area contributed by atoms with Crippen LogP contribution in [0, 0.1) is 11.8 Å². The van der Waals surface area contributed by atoms with Gasteiger partial charge in [0.1, 0.15) is 23.7 Å². The summed E-state index contributed by atoms with van der Waals surface area (Å²) >= 11 is 0. The number of carbonyl (C=O) groups excluding carboxylic acids is 4. The lowest BCUT2D eigenvalue weighted by molar-refractivity contribution is -0.142. The number of pyridine rings is 1. The van der Waals surface area contributed by atoms with Crippen molar-refractivity contribution in [2.24, 2.45) is 11.8 Å². The molecule has 1 aromatic carbocycles. The van der Waals surface area contributed by atoms with Crippen molar-refractivity contribution in [1.82, 2.24) is 25.2 Å². The van der Waals surface area contributed by atoms with Crippen LogP contribution in [0.5, 0.6) is 5.88 Å². The monoisotopic (exact) mass is 733 g/mol. The predicted octanol–water partition coefficient (Wildman–Crippen LogP) is 4.12. The molecule has 5 atom stereocenters. The standard InChI is InChI=1S/C38H47N5O8S/c1-2-27-22-38(27,36(46)42-52(48,49)29-15-16-29)41-33(44)31-21-28-23-43(31)35(45)32(26-11-7-5-8-12-26)40-37(47)50-19-9-4-3-6-10-24-13-14-25-17-18-39-34(51-28)30(25)20-24/h2,6,10,13-14,17-18,20,26-29,31-32H,1,3-5,7-9,11-12,15-16,19,21-23H2,(H,40,47)(H,41,44)(H,42,46)/b10-6+. The van der Waals surface area contributed by atoms with Gasteiger partial charge in [-0.3, -0.25) is 19.1 Å². The van der Waals surface area contributed by atoms with Gasteiger partial charge in [0.05, 0.1) is 18.4 Å². The molecule has 2 aromatic rings. The molecule has 3 N–H and O–H groups in total. The Labute approximate surface area is 304 Å². The van der Waals surface area contributed by atoms with Gasteiger partial charge in [0, 0.05) is 23.9 Å². The number of benzene rings is 1. The molecule has 13 nitrogen and oxygen atoms in total. The maximum atomic E-state index is 14.7. The van der Waals surface area contributed by atoms with E-state index < -0.39 is 68.7 Å². The molecule has 1 saturated heterocycles. The van der Waals surface area contributed by atoms with Crippen molar-refractivity contribution in [3.63, 3.8) is 0 Å². The third kappa shape index (κ3) is 7.67. The summed E-state index contributed by atoms with van der Waals surface area (Å²) in [5.41, 5.74) is -0.561. The summed E-state index contributed by atoms with van der Waals surface area (Å²) < 4.78 is 39.6. The highest BCUT2D eigenvalue weighted by molar-refractivity contribution is 7.91. The van der Waals surface area contributed by atoms with E-state index in [1.54, 1.807) is 6.20 Å². The fraction of sp³-hybridized carbons (Fsp3) is 0.553. The molecule has 3 heterocycles. The number of ether oxygens (including phenoxy) is 2. The zero-order valence-corrected chi connectivity index (χ0v) is 30.1. The van der Waals surface area contributed by atoms with Crippen LogP contribution in [0.2, 0.25) is 0 Å². The van der Waals surface area contributed by atoms with Crippen LogP contribution in [-0.2, 0) is 29.1 Å². The van der Waals surface area contributed by atoms with Crippen LogP contribution in [0.25, 0.3) is 16.8 Å². The number of sulfonamides is 1. The van der Waals surface area contributed by atoms with Gasteiger partial charge >= 0.3 is 6.09 Å². The molecule has 2 aliphatic heterocycles. The molecule has 3 aliphatic carbocycles. The molecule has 4 bridgehead atoms. The smallest absolute Gasteiger partial charge is 0.407 e. The van der Waals surface area contributed by atoms with Crippen LogP contribution in [0.4, 0.5) is 4.79 Å². The Kier molecular flexibility index (Phi) is 10.3. The van der Waals surface area contributed by atoms with Crippen molar-refractivity contribution in [2.75, 3.05) is 13.2 Å². The molecule has 5 aliphatic rings.